The molecule has 3 nitrogen and oxygen atoms in total. The van der Waals surface area contributed by atoms with Crippen molar-refractivity contribution < 1.29 is 36.2 Å². The van der Waals surface area contributed by atoms with E-state index in [1.807, 2.05) is 0 Å². The van der Waals surface area contributed by atoms with Crippen molar-refractivity contribution in [1.29, 1.82) is 0 Å². The summed E-state index contributed by atoms with van der Waals surface area (Å²) in [6.45, 7) is 0. The molecular weight excluding hydrogens is 268 g/mol. The third kappa shape index (κ3) is 3.60. The van der Waals surface area contributed by atoms with E-state index in [1.165, 1.54) is 0 Å². The van der Waals surface area contributed by atoms with Gasteiger partial charge < -0.3 is 5.11 Å². The van der Waals surface area contributed by atoms with Crippen LogP contribution in [0.1, 0.15) is 17.0 Å². The molecule has 1 rings (SSSR count). The van der Waals surface area contributed by atoms with Crippen LogP contribution in [0.3, 0.4) is 0 Å². The molecule has 0 bridgehead atoms. The van der Waals surface area contributed by atoms with Crippen LogP contribution in [0, 0.1) is 0 Å². The molecule has 0 aromatic carbocycles. The van der Waals surface area contributed by atoms with Gasteiger partial charge in [-0.05, 0) is 12.1 Å². The summed E-state index contributed by atoms with van der Waals surface area (Å²) in [5, 5.41) is 8.35. The Kier molecular flexibility index (Phi) is 3.54. The van der Waals surface area contributed by atoms with E-state index in [-0.39, 0.29) is 12.1 Å². The quantitative estimate of drug-likeness (QED) is 0.843. The molecule has 1 aromatic heterocycles. The van der Waals surface area contributed by atoms with Crippen LogP contribution in [0.15, 0.2) is 12.1 Å². The van der Waals surface area contributed by atoms with Crippen molar-refractivity contribution in [1.82, 2.24) is 4.98 Å². The minimum Gasteiger partial charge on any atom is -0.481 e. The number of nitrogens with zero attached hydrogens (tertiary/aromatic N) is 1. The number of hydrogen-bond donors (Lipinski definition) is 1. The van der Waals surface area contributed by atoms with E-state index < -0.39 is 41.7 Å². The summed E-state index contributed by atoms with van der Waals surface area (Å²) in [7, 11) is 0. The highest BCUT2D eigenvalue weighted by molar-refractivity contribution is 5.69. The zero-order chi connectivity index (χ0) is 14.1. The van der Waals surface area contributed by atoms with Gasteiger partial charge in [0.1, 0.15) is 5.69 Å². The number of pyridine rings is 1. The van der Waals surface area contributed by atoms with Crippen molar-refractivity contribution in [2.75, 3.05) is 0 Å². The number of hydrogen-bond acceptors (Lipinski definition) is 2. The molecule has 0 saturated heterocycles. The lowest BCUT2D eigenvalue weighted by molar-refractivity contribution is -0.146. The first-order chi connectivity index (χ1) is 8.00. The molecular formula is C9H5F6NO2. The Morgan fingerprint density at radius 1 is 1.11 bits per heavy atom. The molecule has 0 fully saturated rings. The van der Waals surface area contributed by atoms with E-state index in [2.05, 4.69) is 4.98 Å². The van der Waals surface area contributed by atoms with Crippen LogP contribution < -0.4 is 0 Å². The second-order valence-electron chi connectivity index (χ2n) is 3.30. The van der Waals surface area contributed by atoms with Gasteiger partial charge >= 0.3 is 18.3 Å². The van der Waals surface area contributed by atoms with Gasteiger partial charge in [-0.15, -0.1) is 0 Å². The van der Waals surface area contributed by atoms with E-state index in [1.54, 1.807) is 0 Å². The fourth-order valence-corrected chi connectivity index (χ4v) is 1.14. The molecule has 0 aliphatic carbocycles. The van der Waals surface area contributed by atoms with Crippen molar-refractivity contribution >= 4 is 5.97 Å². The summed E-state index contributed by atoms with van der Waals surface area (Å²) in [5.41, 5.74) is -4.15. The average molecular weight is 273 g/mol. The van der Waals surface area contributed by atoms with E-state index in [0.29, 0.717) is 0 Å². The number of rotatable bonds is 2. The van der Waals surface area contributed by atoms with Crippen molar-refractivity contribution in [3.8, 4) is 0 Å². The summed E-state index contributed by atoms with van der Waals surface area (Å²) < 4.78 is 73.9. The summed E-state index contributed by atoms with van der Waals surface area (Å²) in [6, 6.07) is 0.120. The molecule has 0 unspecified atom stereocenters. The van der Waals surface area contributed by atoms with E-state index in [4.69, 9.17) is 5.11 Å². The lowest BCUT2D eigenvalue weighted by atomic mass is 10.1. The van der Waals surface area contributed by atoms with Gasteiger partial charge in [0.25, 0.3) is 0 Å². The summed E-state index contributed by atoms with van der Waals surface area (Å²) in [4.78, 5) is 13.1. The second-order valence-corrected chi connectivity index (χ2v) is 3.30. The Morgan fingerprint density at radius 3 is 2.06 bits per heavy atom. The van der Waals surface area contributed by atoms with Gasteiger partial charge in [0.05, 0.1) is 17.7 Å². The first-order valence-corrected chi connectivity index (χ1v) is 4.37. The van der Waals surface area contributed by atoms with Crippen LogP contribution in [0.4, 0.5) is 26.3 Å². The van der Waals surface area contributed by atoms with Gasteiger partial charge in [-0.1, -0.05) is 0 Å². The van der Waals surface area contributed by atoms with Crippen molar-refractivity contribution in [3.05, 3.63) is 29.1 Å². The molecule has 100 valence electrons. The Hall–Kier alpha value is -1.80. The maximum absolute atomic E-state index is 12.3. The minimum atomic E-state index is -5.07. The highest BCUT2D eigenvalue weighted by Crippen LogP contribution is 2.34. The molecule has 0 saturated carbocycles. The molecule has 1 heterocycles. The number of carboxylic acids is 1. The molecule has 9 heteroatoms. The molecule has 0 atom stereocenters. The SMILES string of the molecule is O=C(O)Cc1cc(C(F)(F)F)cc(C(F)(F)F)n1. The van der Waals surface area contributed by atoms with Crippen LogP contribution >= 0.6 is 0 Å². The number of aliphatic carboxylic acids is 1. The number of aromatic nitrogens is 1. The fourth-order valence-electron chi connectivity index (χ4n) is 1.14. The third-order valence-corrected chi connectivity index (χ3v) is 1.83. The topological polar surface area (TPSA) is 50.2 Å². The lowest BCUT2D eigenvalue weighted by Crippen LogP contribution is -2.15. The molecule has 0 amide bonds. The van der Waals surface area contributed by atoms with Crippen molar-refractivity contribution in [3.63, 3.8) is 0 Å². The molecule has 0 aliphatic heterocycles. The van der Waals surface area contributed by atoms with Crippen molar-refractivity contribution in [2.45, 2.75) is 18.8 Å². The van der Waals surface area contributed by atoms with Gasteiger partial charge in [0.2, 0.25) is 0 Å². The number of carbonyl (C=O) groups is 1. The van der Waals surface area contributed by atoms with Gasteiger partial charge in [-0.3, -0.25) is 4.79 Å². The number of carboxylic acid groups (broad SMARTS) is 1. The fraction of sp³-hybridized carbons (Fsp3) is 0.333. The predicted molar refractivity (Wildman–Crippen MR) is 45.6 cm³/mol. The predicted octanol–water partition coefficient (Wildman–Crippen LogP) is 2.75. The van der Waals surface area contributed by atoms with Crippen molar-refractivity contribution in [2.24, 2.45) is 0 Å². The van der Waals surface area contributed by atoms with Crippen LogP contribution in [0.25, 0.3) is 0 Å². The Bertz CT molecular complexity index is 433. The highest BCUT2D eigenvalue weighted by Gasteiger charge is 2.38. The van der Waals surface area contributed by atoms with Gasteiger partial charge in [0.15, 0.2) is 0 Å². The Morgan fingerprint density at radius 2 is 1.67 bits per heavy atom. The monoisotopic (exact) mass is 273 g/mol. The molecule has 1 N–H and O–H groups in total. The Balaban J connectivity index is 3.34. The number of alkyl halides is 6. The lowest BCUT2D eigenvalue weighted by Gasteiger charge is -2.12. The van der Waals surface area contributed by atoms with Crippen LogP contribution in [-0.4, -0.2) is 16.1 Å². The van der Waals surface area contributed by atoms with Crippen LogP contribution in [-0.2, 0) is 23.6 Å². The van der Waals surface area contributed by atoms with E-state index in [9.17, 15) is 31.1 Å². The normalized spacial score (nSPS) is 12.6. The zero-order valence-corrected chi connectivity index (χ0v) is 8.43. The maximum Gasteiger partial charge on any atom is 0.433 e. The number of halogens is 6. The zero-order valence-electron chi connectivity index (χ0n) is 8.43. The first-order valence-electron chi connectivity index (χ1n) is 4.37. The molecule has 18 heavy (non-hydrogen) atoms. The largest absolute Gasteiger partial charge is 0.481 e. The summed E-state index contributed by atoms with van der Waals surface area (Å²) in [6.07, 6.45) is -11.1. The van der Waals surface area contributed by atoms with Crippen LogP contribution in [0.2, 0.25) is 0 Å². The maximum atomic E-state index is 12.3. The van der Waals surface area contributed by atoms with Gasteiger partial charge in [-0.2, -0.15) is 26.3 Å². The molecule has 1 aromatic rings. The smallest absolute Gasteiger partial charge is 0.433 e. The van der Waals surface area contributed by atoms with Gasteiger partial charge in [0, 0.05) is 0 Å². The standard InChI is InChI=1S/C9H5F6NO2/c10-8(11,12)4-1-5(3-7(17)18)16-6(2-4)9(13,14)15/h1-2H,3H2,(H,17,18). The van der Waals surface area contributed by atoms with Crippen LogP contribution in [0.5, 0.6) is 0 Å². The van der Waals surface area contributed by atoms with E-state index in [0.717, 1.165) is 0 Å². The van der Waals surface area contributed by atoms with Gasteiger partial charge in [-0.25, -0.2) is 4.98 Å². The molecule has 0 radical (unpaired) electrons. The Labute approximate surface area is 96.1 Å². The third-order valence-electron chi connectivity index (χ3n) is 1.83. The second kappa shape index (κ2) is 4.46. The summed E-state index contributed by atoms with van der Waals surface area (Å²) in [5.74, 6) is -1.57. The average Bonchev–Trinajstić information content (AvgIpc) is 2.13. The molecule has 0 spiro atoms. The highest BCUT2D eigenvalue weighted by atomic mass is 19.4. The minimum absolute atomic E-state index is 0.161. The first kappa shape index (κ1) is 14.3. The molecule has 0 aliphatic rings. The summed E-state index contributed by atoms with van der Waals surface area (Å²) >= 11 is 0. The van der Waals surface area contributed by atoms with E-state index >= 15 is 0 Å².